The molecule has 14 atom stereocenters. The van der Waals surface area contributed by atoms with Gasteiger partial charge in [0.25, 0.3) is 0 Å². The molecule has 10 fully saturated rings. The van der Waals surface area contributed by atoms with Crippen LogP contribution in [0.4, 0.5) is 0 Å². The molecule has 4 spiro atoms. The summed E-state index contributed by atoms with van der Waals surface area (Å²) in [6.07, 6.45) is 15.3. The van der Waals surface area contributed by atoms with Crippen molar-refractivity contribution < 1.29 is 39.4 Å². The van der Waals surface area contributed by atoms with E-state index in [2.05, 4.69) is 63.5 Å². The quantitative estimate of drug-likeness (QED) is 0.204. The van der Waals surface area contributed by atoms with Gasteiger partial charge >= 0.3 is 0 Å². The second kappa shape index (κ2) is 14.5. The molecular formula is C58H83ClN2O8. The van der Waals surface area contributed by atoms with Crippen LogP contribution in [0.3, 0.4) is 0 Å². The highest BCUT2D eigenvalue weighted by atomic mass is 35.5. The Morgan fingerprint density at radius 3 is 1.29 bits per heavy atom. The van der Waals surface area contributed by atoms with E-state index >= 15 is 0 Å². The third-order valence-corrected chi connectivity index (χ3v) is 23.7. The van der Waals surface area contributed by atoms with E-state index in [1.807, 2.05) is 40.2 Å². The van der Waals surface area contributed by atoms with Crippen LogP contribution in [0, 0.1) is 45.3 Å². The maximum absolute atomic E-state index is 12.2. The molecule has 0 radical (unpaired) electrons. The van der Waals surface area contributed by atoms with Crippen LogP contribution in [-0.2, 0) is 33.1 Å². The molecule has 4 heterocycles. The number of ether oxygens (including phenoxy) is 4. The molecule has 0 aromatic heterocycles. The number of likely N-dealkylation sites (tertiary alicyclic amines) is 2. The first kappa shape index (κ1) is 47.7. The lowest BCUT2D eigenvalue weighted by Crippen LogP contribution is -2.83. The summed E-state index contributed by atoms with van der Waals surface area (Å²) in [5.41, 5.74) is 1.57. The molecule has 4 N–H and O–H groups in total. The standard InChI is InChI=1S/2C29H41NO4.ClH/c2*1-25(2,3)26(4,32)20-15-27-10-11-29(20,33-5)24-28(27)12-13-30(16-17-6-7-17)21(27)14-18-8-9-19(31)23(34-24)22(18)28;/h2*8-9,17,20-21,24,31-32H,6-7,10-16H2,1-5H3;1H/t2*20-,21-,24-,26+,27-,28+,29+;/m11./s1. The Labute approximate surface area is 418 Å². The van der Waals surface area contributed by atoms with E-state index in [4.69, 9.17) is 18.9 Å². The lowest BCUT2D eigenvalue weighted by molar-refractivity contribution is -0.312. The maximum atomic E-state index is 12.2. The van der Waals surface area contributed by atoms with Crippen molar-refractivity contribution in [3.8, 4) is 23.0 Å². The van der Waals surface area contributed by atoms with E-state index in [-0.39, 0.29) is 80.4 Å². The zero-order valence-corrected chi connectivity index (χ0v) is 44.2. The van der Waals surface area contributed by atoms with Gasteiger partial charge in [0.1, 0.15) is 23.4 Å². The number of piperidine rings is 2. The lowest BCUT2D eigenvalue weighted by atomic mass is 9.33. The molecule has 14 aliphatic rings. The van der Waals surface area contributed by atoms with Gasteiger partial charge in [-0.05, 0) is 163 Å². The second-order valence-corrected chi connectivity index (χ2v) is 27.6. The third kappa shape index (κ3) is 5.52. The fraction of sp³-hybridized carbons (Fsp3) is 0.793. The van der Waals surface area contributed by atoms with Gasteiger partial charge in [0.2, 0.25) is 0 Å². The van der Waals surface area contributed by atoms with Gasteiger partial charge in [-0.2, -0.15) is 0 Å². The van der Waals surface area contributed by atoms with Crippen molar-refractivity contribution in [1.29, 1.82) is 0 Å². The Bertz CT molecular complexity index is 2290. The minimum absolute atomic E-state index is 0. The first-order valence-corrected chi connectivity index (χ1v) is 27.1. The SMILES string of the molecule is CO[C@@]12CC[C@@]3(C[C@@H]1[C@](C)(O)C(C)(C)C)[C@H]1Cc4ccc(O)c5c4[C@@]3(CCN1CC1CC1)[C@H]2O5.CO[C@@]12CC[C@@]3(C[C@@H]1[C@](C)(O)C(C)(C)C)[C@H]1Cc4ccc(O)c5c4[C@@]3(CCN1CC1CC1)[C@H]2O5.Cl. The van der Waals surface area contributed by atoms with Gasteiger partial charge in [-0.1, -0.05) is 53.7 Å². The molecule has 2 aromatic carbocycles. The van der Waals surface area contributed by atoms with Crippen LogP contribution < -0.4 is 9.47 Å². The molecule has 0 amide bonds. The average Bonchev–Trinajstić information content (AvgIpc) is 4.23. The Morgan fingerprint density at radius 2 is 0.957 bits per heavy atom. The number of aromatic hydroxyl groups is 2. The van der Waals surface area contributed by atoms with E-state index in [0.717, 1.165) is 89.1 Å². The topological polar surface area (TPSA) is 124 Å². The van der Waals surface area contributed by atoms with Gasteiger partial charge in [0, 0.05) is 84.0 Å². The number of methoxy groups -OCH3 is 2. The number of hydrogen-bond acceptors (Lipinski definition) is 10. The Balaban J connectivity index is 0.000000141. The lowest BCUT2D eigenvalue weighted by Gasteiger charge is -2.75. The zero-order valence-electron chi connectivity index (χ0n) is 43.4. The molecule has 10 aliphatic carbocycles. The smallest absolute Gasteiger partial charge is 0.165 e. The van der Waals surface area contributed by atoms with Crippen molar-refractivity contribution in [2.45, 2.75) is 203 Å². The Hall–Kier alpha value is -2.31. The van der Waals surface area contributed by atoms with Crippen LogP contribution in [-0.4, -0.2) is 117 Å². The molecule has 10 nitrogen and oxygen atoms in total. The number of rotatable bonds is 8. The summed E-state index contributed by atoms with van der Waals surface area (Å²) < 4.78 is 26.9. The molecule has 2 aromatic rings. The molecule has 16 rings (SSSR count). The number of hydrogen-bond donors (Lipinski definition) is 4. The summed E-state index contributed by atoms with van der Waals surface area (Å²) in [7, 11) is 3.66. The van der Waals surface area contributed by atoms with Gasteiger partial charge in [-0.15, -0.1) is 12.4 Å². The van der Waals surface area contributed by atoms with Crippen LogP contribution >= 0.6 is 12.4 Å². The van der Waals surface area contributed by atoms with Crippen LogP contribution in [0.2, 0.25) is 0 Å². The Kier molecular flexibility index (Phi) is 10.0. The molecule has 2 saturated heterocycles. The molecule has 11 heteroatoms. The zero-order chi connectivity index (χ0) is 47.8. The van der Waals surface area contributed by atoms with Gasteiger partial charge in [-0.25, -0.2) is 0 Å². The van der Waals surface area contributed by atoms with Crippen molar-refractivity contribution in [3.63, 3.8) is 0 Å². The number of nitrogens with zero attached hydrogens (tertiary/aromatic N) is 2. The van der Waals surface area contributed by atoms with Crippen molar-refractivity contribution in [3.05, 3.63) is 46.5 Å². The third-order valence-electron chi connectivity index (χ3n) is 23.7. The maximum Gasteiger partial charge on any atom is 0.165 e. The predicted molar refractivity (Wildman–Crippen MR) is 268 cm³/mol. The molecule has 380 valence electrons. The summed E-state index contributed by atoms with van der Waals surface area (Å²) in [5, 5.41) is 46.3. The largest absolute Gasteiger partial charge is 0.504 e. The molecule has 69 heavy (non-hydrogen) atoms. The predicted octanol–water partition coefficient (Wildman–Crippen LogP) is 9.25. The van der Waals surface area contributed by atoms with E-state index < -0.39 is 22.4 Å². The number of fused-ring (bicyclic) bond motifs is 4. The van der Waals surface area contributed by atoms with Crippen LogP contribution in [0.25, 0.3) is 0 Å². The van der Waals surface area contributed by atoms with Crippen LogP contribution in [0.15, 0.2) is 24.3 Å². The van der Waals surface area contributed by atoms with Crippen LogP contribution in [0.1, 0.15) is 155 Å². The summed E-state index contributed by atoms with van der Waals surface area (Å²) in [4.78, 5) is 5.64. The molecule has 4 aliphatic heterocycles. The van der Waals surface area contributed by atoms with Gasteiger partial charge in [-0.3, -0.25) is 9.80 Å². The molecule has 8 saturated carbocycles. The molecule has 8 bridgehead atoms. The van der Waals surface area contributed by atoms with Crippen LogP contribution in [0.5, 0.6) is 23.0 Å². The summed E-state index contributed by atoms with van der Waals surface area (Å²) in [6, 6.07) is 8.92. The highest BCUT2D eigenvalue weighted by molar-refractivity contribution is 5.85. The summed E-state index contributed by atoms with van der Waals surface area (Å²) in [5.74, 6) is 3.60. The van der Waals surface area contributed by atoms with Crippen molar-refractivity contribution in [2.75, 3.05) is 40.4 Å². The van der Waals surface area contributed by atoms with E-state index in [1.54, 1.807) is 0 Å². The fourth-order valence-corrected chi connectivity index (χ4v) is 19.2. The fourth-order valence-electron chi connectivity index (χ4n) is 19.2. The minimum Gasteiger partial charge on any atom is -0.504 e. The van der Waals surface area contributed by atoms with Gasteiger partial charge in [0.15, 0.2) is 23.0 Å². The molecular weight excluding hydrogens is 888 g/mol. The second-order valence-electron chi connectivity index (χ2n) is 27.6. The number of halogens is 1. The van der Waals surface area contributed by atoms with E-state index in [1.165, 1.54) is 61.0 Å². The first-order valence-electron chi connectivity index (χ1n) is 27.1. The van der Waals surface area contributed by atoms with Gasteiger partial charge < -0.3 is 39.4 Å². The average molecular weight is 972 g/mol. The van der Waals surface area contributed by atoms with Crippen molar-refractivity contribution >= 4 is 12.4 Å². The van der Waals surface area contributed by atoms with Gasteiger partial charge in [0.05, 0.1) is 11.2 Å². The number of phenols is 2. The van der Waals surface area contributed by atoms with Crippen molar-refractivity contribution in [2.24, 2.45) is 45.3 Å². The van der Waals surface area contributed by atoms with E-state index in [9.17, 15) is 20.4 Å². The monoisotopic (exact) mass is 971 g/mol. The normalized spacial score (nSPS) is 43.2. The summed E-state index contributed by atoms with van der Waals surface area (Å²) >= 11 is 0. The Morgan fingerprint density at radius 1 is 0.580 bits per heavy atom. The number of phenolic OH excluding ortho intramolecular Hbond substituents is 2. The minimum atomic E-state index is -0.909. The summed E-state index contributed by atoms with van der Waals surface area (Å²) in [6.45, 7) is 21.6. The van der Waals surface area contributed by atoms with E-state index in [0.29, 0.717) is 23.6 Å². The molecule has 0 unspecified atom stereocenters. The first-order chi connectivity index (χ1) is 32.0. The highest BCUT2D eigenvalue weighted by Gasteiger charge is 2.84. The highest BCUT2D eigenvalue weighted by Crippen LogP contribution is 2.80. The number of benzene rings is 2. The van der Waals surface area contributed by atoms with Crippen molar-refractivity contribution in [1.82, 2.24) is 9.80 Å². The number of aliphatic hydroxyl groups is 2.